The van der Waals surface area contributed by atoms with Crippen LogP contribution in [0.25, 0.3) is 0 Å². The number of nitrogens with one attached hydrogen (secondary N) is 2. The van der Waals surface area contributed by atoms with Gasteiger partial charge in [-0.1, -0.05) is 37.1 Å². The number of benzene rings is 1. The van der Waals surface area contributed by atoms with Crippen LogP contribution in [0.3, 0.4) is 0 Å². The van der Waals surface area contributed by atoms with Crippen LogP contribution in [-0.4, -0.2) is 127 Å². The smallest absolute Gasteiger partial charge is 0.410 e. The van der Waals surface area contributed by atoms with Gasteiger partial charge in [0.25, 0.3) is 0 Å². The number of nitrogens with zero attached hydrogens (tertiary/aromatic N) is 4. The van der Waals surface area contributed by atoms with Crippen molar-refractivity contribution in [2.24, 2.45) is 5.92 Å². The molecule has 5 rings (SSSR count). The number of carbonyl (C=O) groups is 5. The molecule has 2 saturated heterocycles. The van der Waals surface area contributed by atoms with Crippen molar-refractivity contribution in [2.75, 3.05) is 72.1 Å². The van der Waals surface area contributed by atoms with Gasteiger partial charge in [-0.3, -0.25) is 9.59 Å². The maximum atomic E-state index is 12.8. The molecule has 4 aliphatic rings. The summed E-state index contributed by atoms with van der Waals surface area (Å²) in [7, 11) is 0. The molecule has 0 aromatic heterocycles. The molecule has 3 unspecified atom stereocenters. The van der Waals surface area contributed by atoms with E-state index in [-0.39, 0.29) is 36.9 Å². The third-order valence-corrected chi connectivity index (χ3v) is 9.50. The van der Waals surface area contributed by atoms with Gasteiger partial charge in [0.15, 0.2) is 0 Å². The highest BCUT2D eigenvalue weighted by atomic mass is 16.6. The Morgan fingerprint density at radius 2 is 1.28 bits per heavy atom. The molecule has 252 valence electrons. The summed E-state index contributed by atoms with van der Waals surface area (Å²) in [5, 5.41) is 5.27. The van der Waals surface area contributed by atoms with Gasteiger partial charge in [-0.05, 0) is 56.6 Å². The van der Waals surface area contributed by atoms with Crippen LogP contribution >= 0.6 is 0 Å². The molecule has 3 atom stereocenters. The van der Waals surface area contributed by atoms with Gasteiger partial charge in [-0.15, -0.1) is 0 Å². The normalized spacial score (nSPS) is 22.8. The number of hydrogen-bond acceptors (Lipinski definition) is 7. The molecule has 1 aromatic carbocycles. The number of hydrogen-bond donors (Lipinski definition) is 2. The van der Waals surface area contributed by atoms with Crippen molar-refractivity contribution in [3.63, 3.8) is 0 Å². The Hall–Kier alpha value is -4.03. The van der Waals surface area contributed by atoms with E-state index in [1.807, 2.05) is 26.8 Å². The van der Waals surface area contributed by atoms with E-state index in [9.17, 15) is 24.0 Å². The molecule has 3 fully saturated rings. The second-order valence-corrected chi connectivity index (χ2v) is 13.6. The Kier molecular flexibility index (Phi) is 10.6. The van der Waals surface area contributed by atoms with Crippen LogP contribution in [0.1, 0.15) is 69.4 Å². The number of amides is 6. The molecule has 1 aromatic rings. The molecular formula is C33H48N6O7. The Labute approximate surface area is 270 Å². The van der Waals surface area contributed by atoms with Crippen molar-refractivity contribution in [3.8, 4) is 0 Å². The second kappa shape index (κ2) is 14.6. The minimum Gasteiger partial charge on any atom is -0.449 e. The van der Waals surface area contributed by atoms with Gasteiger partial charge < -0.3 is 39.7 Å². The van der Waals surface area contributed by atoms with Crippen molar-refractivity contribution in [1.29, 1.82) is 0 Å². The fourth-order valence-electron chi connectivity index (χ4n) is 7.13. The Bertz CT molecular complexity index is 1280. The van der Waals surface area contributed by atoms with E-state index in [1.165, 1.54) is 30.4 Å². The van der Waals surface area contributed by atoms with E-state index >= 15 is 0 Å². The summed E-state index contributed by atoms with van der Waals surface area (Å²) in [5.74, 6) is 0.759. The maximum absolute atomic E-state index is 12.8. The van der Waals surface area contributed by atoms with E-state index in [0.29, 0.717) is 70.8 Å². The second-order valence-electron chi connectivity index (χ2n) is 13.6. The molecule has 13 nitrogen and oxygen atoms in total. The molecule has 0 spiro atoms. The van der Waals surface area contributed by atoms with Gasteiger partial charge in [0.2, 0.25) is 11.8 Å². The monoisotopic (exact) mass is 640 g/mol. The summed E-state index contributed by atoms with van der Waals surface area (Å²) in [4.78, 5) is 69.3. The summed E-state index contributed by atoms with van der Waals surface area (Å²) in [6, 6.07) is 8.12. The number of rotatable bonds is 6. The van der Waals surface area contributed by atoms with Gasteiger partial charge >= 0.3 is 18.2 Å². The zero-order chi connectivity index (χ0) is 32.8. The van der Waals surface area contributed by atoms with Gasteiger partial charge in [-0.2, -0.15) is 0 Å². The predicted molar refractivity (Wildman–Crippen MR) is 169 cm³/mol. The lowest BCUT2D eigenvalue weighted by Gasteiger charge is -2.36. The van der Waals surface area contributed by atoms with E-state index in [2.05, 4.69) is 28.8 Å². The molecule has 1 saturated carbocycles. The lowest BCUT2D eigenvalue weighted by Crippen LogP contribution is -2.56. The van der Waals surface area contributed by atoms with Crippen LogP contribution in [0.15, 0.2) is 24.3 Å². The van der Waals surface area contributed by atoms with E-state index in [1.54, 1.807) is 19.6 Å². The van der Waals surface area contributed by atoms with Crippen LogP contribution in [0.4, 0.5) is 14.4 Å². The molecule has 2 aliphatic heterocycles. The topological polar surface area (TPSA) is 141 Å². The first-order valence-electron chi connectivity index (χ1n) is 16.6. The molecule has 2 N–H and O–H groups in total. The molecule has 46 heavy (non-hydrogen) atoms. The summed E-state index contributed by atoms with van der Waals surface area (Å²) < 4.78 is 11.0. The lowest BCUT2D eigenvalue weighted by molar-refractivity contribution is -0.132. The van der Waals surface area contributed by atoms with Gasteiger partial charge in [-0.25, -0.2) is 14.4 Å². The fourth-order valence-corrected chi connectivity index (χ4v) is 7.13. The highest BCUT2D eigenvalue weighted by Gasteiger charge is 2.42. The van der Waals surface area contributed by atoms with Crippen LogP contribution in [0.5, 0.6) is 0 Å². The molecular weight excluding hydrogens is 592 g/mol. The summed E-state index contributed by atoms with van der Waals surface area (Å²) >= 11 is 0. The molecule has 13 heteroatoms. The van der Waals surface area contributed by atoms with Crippen LogP contribution in [-0.2, 0) is 19.1 Å². The van der Waals surface area contributed by atoms with Gasteiger partial charge in [0, 0.05) is 58.3 Å². The minimum absolute atomic E-state index is 0.149. The number of alkyl carbamates (subject to hydrolysis) is 1. The largest absolute Gasteiger partial charge is 0.449 e. The summed E-state index contributed by atoms with van der Waals surface area (Å²) in [6.07, 6.45) is 3.77. The Morgan fingerprint density at radius 1 is 0.739 bits per heavy atom. The Balaban J connectivity index is 0.965. The van der Waals surface area contributed by atoms with Gasteiger partial charge in [0.05, 0.1) is 6.54 Å². The lowest BCUT2D eigenvalue weighted by atomic mass is 9.76. The first-order valence-corrected chi connectivity index (χ1v) is 16.6. The first kappa shape index (κ1) is 33.3. The highest BCUT2D eigenvalue weighted by molar-refractivity contribution is 5.85. The van der Waals surface area contributed by atoms with E-state index in [0.717, 1.165) is 6.42 Å². The third kappa shape index (κ3) is 8.21. The van der Waals surface area contributed by atoms with Crippen molar-refractivity contribution < 1.29 is 33.4 Å². The van der Waals surface area contributed by atoms with Crippen LogP contribution in [0, 0.1) is 5.92 Å². The quantitative estimate of drug-likeness (QED) is 0.487. The van der Waals surface area contributed by atoms with Crippen molar-refractivity contribution in [3.05, 3.63) is 35.4 Å². The molecule has 2 heterocycles. The predicted octanol–water partition coefficient (Wildman–Crippen LogP) is 2.72. The first-order chi connectivity index (χ1) is 22.0. The Morgan fingerprint density at radius 3 is 1.91 bits per heavy atom. The zero-order valence-electron chi connectivity index (χ0n) is 27.3. The van der Waals surface area contributed by atoms with Crippen molar-refractivity contribution in [2.45, 2.75) is 63.9 Å². The average molecular weight is 641 g/mol. The van der Waals surface area contributed by atoms with E-state index in [4.69, 9.17) is 9.47 Å². The summed E-state index contributed by atoms with van der Waals surface area (Å²) in [5.41, 5.74) is 2.10. The van der Waals surface area contributed by atoms with Crippen LogP contribution < -0.4 is 10.6 Å². The number of ether oxygens (including phenoxy) is 2. The molecule has 6 amide bonds. The van der Waals surface area contributed by atoms with Crippen molar-refractivity contribution in [1.82, 2.24) is 30.2 Å². The molecule has 2 aliphatic carbocycles. The molecule has 0 radical (unpaired) electrons. The third-order valence-electron chi connectivity index (χ3n) is 9.50. The van der Waals surface area contributed by atoms with Crippen molar-refractivity contribution >= 4 is 30.0 Å². The number of carbonyl (C=O) groups excluding carboxylic acids is 5. The van der Waals surface area contributed by atoms with Crippen LogP contribution in [0.2, 0.25) is 0 Å². The maximum Gasteiger partial charge on any atom is 0.410 e. The summed E-state index contributed by atoms with van der Waals surface area (Å²) in [6.45, 7) is 8.15. The average Bonchev–Trinajstić information content (AvgIpc) is 3.37. The SMILES string of the molecule is CC(C)(C)OC(=O)N1CCN(C(=O)CNC(=O)N2CCN(C(=O)CNC(=O)OCC3c4ccccc4C4CCCCC43)CC2)CC1. The molecule has 0 bridgehead atoms. The minimum atomic E-state index is -0.598. The number of fused-ring (bicyclic) bond motifs is 3. The van der Waals surface area contributed by atoms with E-state index < -0.39 is 17.8 Å². The van der Waals surface area contributed by atoms with Gasteiger partial charge in [0.1, 0.15) is 18.8 Å². The highest BCUT2D eigenvalue weighted by Crippen LogP contribution is 2.53. The fraction of sp³-hybridized carbons (Fsp3) is 0.667. The number of urea groups is 1. The zero-order valence-corrected chi connectivity index (χ0v) is 27.3. The number of piperazine rings is 2. The standard InChI is InChI=1S/C33H48N6O7/c1-33(2,3)46-32(44)39-18-14-37(15-19-39)28(40)20-34-30(42)38-16-12-36(13-17-38)29(41)21-35-31(43)45-22-27-25-10-6-4-8-23(25)24-9-5-7-11-26(24)27/h4,6,8,10,24,26-27H,5,7,9,11-22H2,1-3H3,(H,34,42)(H,35,43).